The van der Waals surface area contributed by atoms with E-state index in [-0.39, 0.29) is 5.60 Å². The molecule has 2 aromatic rings. The van der Waals surface area contributed by atoms with Crippen LogP contribution in [0.3, 0.4) is 0 Å². The van der Waals surface area contributed by atoms with Gasteiger partial charge in [-0.05, 0) is 32.4 Å². The quantitative estimate of drug-likeness (QED) is 0.779. The minimum absolute atomic E-state index is 0.350. The molecular formula is C17H24N2OS. The number of rotatable bonds is 7. The number of nitrogens with one attached hydrogen (secondary N) is 1. The predicted octanol–water partition coefficient (Wildman–Crippen LogP) is 4.19. The van der Waals surface area contributed by atoms with Crippen LogP contribution in [0.4, 0.5) is 0 Å². The summed E-state index contributed by atoms with van der Waals surface area (Å²) < 4.78 is 5.58. The molecule has 0 bridgehead atoms. The summed E-state index contributed by atoms with van der Waals surface area (Å²) in [5.41, 5.74) is 1.98. The van der Waals surface area contributed by atoms with Crippen molar-refractivity contribution in [2.75, 3.05) is 13.7 Å². The zero-order valence-corrected chi connectivity index (χ0v) is 14.1. The first kappa shape index (κ1) is 16.1. The largest absolute Gasteiger partial charge is 0.372 e. The Labute approximate surface area is 131 Å². The molecule has 1 aromatic heterocycles. The van der Waals surface area contributed by atoms with E-state index in [1.165, 1.54) is 10.4 Å². The molecule has 0 aliphatic heterocycles. The smallest absolute Gasteiger partial charge is 0.125 e. The van der Waals surface area contributed by atoms with E-state index in [4.69, 9.17) is 9.72 Å². The van der Waals surface area contributed by atoms with Crippen LogP contribution < -0.4 is 5.32 Å². The Kier molecular flexibility index (Phi) is 5.51. The minimum atomic E-state index is -0.350. The molecule has 0 fully saturated rings. The van der Waals surface area contributed by atoms with Gasteiger partial charge >= 0.3 is 0 Å². The van der Waals surface area contributed by atoms with Gasteiger partial charge in [0.25, 0.3) is 0 Å². The van der Waals surface area contributed by atoms with Crippen LogP contribution in [0.2, 0.25) is 0 Å². The number of nitrogens with zero attached hydrogens (tertiary/aromatic N) is 1. The number of benzene rings is 1. The molecule has 0 aliphatic rings. The summed E-state index contributed by atoms with van der Waals surface area (Å²) in [5.74, 6) is 0. The Bertz CT molecular complexity index is 563. The van der Waals surface area contributed by atoms with Gasteiger partial charge in [0, 0.05) is 13.7 Å². The SMILES string of the molecule is CCCNCc1nc(C(C)(C)OC)sc1-c1ccccc1. The van der Waals surface area contributed by atoms with E-state index in [0.717, 1.165) is 30.2 Å². The van der Waals surface area contributed by atoms with E-state index < -0.39 is 0 Å². The highest BCUT2D eigenvalue weighted by Gasteiger charge is 2.26. The van der Waals surface area contributed by atoms with Crippen LogP contribution in [-0.4, -0.2) is 18.6 Å². The normalized spacial score (nSPS) is 11.8. The molecule has 0 amide bonds. The summed E-state index contributed by atoms with van der Waals surface area (Å²) in [7, 11) is 1.73. The van der Waals surface area contributed by atoms with Crippen molar-refractivity contribution >= 4 is 11.3 Å². The molecule has 21 heavy (non-hydrogen) atoms. The number of thiazole rings is 1. The van der Waals surface area contributed by atoms with Crippen molar-refractivity contribution in [1.29, 1.82) is 0 Å². The number of methoxy groups -OCH3 is 1. The van der Waals surface area contributed by atoms with E-state index in [1.807, 2.05) is 6.07 Å². The van der Waals surface area contributed by atoms with Gasteiger partial charge in [0.2, 0.25) is 0 Å². The van der Waals surface area contributed by atoms with Gasteiger partial charge in [-0.15, -0.1) is 11.3 Å². The first-order valence-corrected chi connectivity index (χ1v) is 8.21. The summed E-state index contributed by atoms with van der Waals surface area (Å²) in [6.07, 6.45) is 1.13. The van der Waals surface area contributed by atoms with Gasteiger partial charge in [-0.2, -0.15) is 0 Å². The van der Waals surface area contributed by atoms with Gasteiger partial charge in [-0.1, -0.05) is 37.3 Å². The van der Waals surface area contributed by atoms with Crippen molar-refractivity contribution in [1.82, 2.24) is 10.3 Å². The topological polar surface area (TPSA) is 34.2 Å². The molecule has 0 spiro atoms. The van der Waals surface area contributed by atoms with E-state index in [0.29, 0.717) is 0 Å². The molecule has 2 rings (SSSR count). The fourth-order valence-electron chi connectivity index (χ4n) is 2.02. The van der Waals surface area contributed by atoms with Crippen LogP contribution >= 0.6 is 11.3 Å². The molecular weight excluding hydrogens is 280 g/mol. The lowest BCUT2D eigenvalue weighted by Crippen LogP contribution is -2.20. The van der Waals surface area contributed by atoms with Gasteiger partial charge in [0.1, 0.15) is 10.6 Å². The van der Waals surface area contributed by atoms with Crippen molar-refractivity contribution in [2.24, 2.45) is 0 Å². The van der Waals surface area contributed by atoms with Crippen molar-refractivity contribution in [3.63, 3.8) is 0 Å². The maximum atomic E-state index is 5.58. The molecule has 3 nitrogen and oxygen atoms in total. The first-order chi connectivity index (χ1) is 10.1. The van der Waals surface area contributed by atoms with Crippen molar-refractivity contribution in [3.05, 3.63) is 41.0 Å². The highest BCUT2D eigenvalue weighted by atomic mass is 32.1. The third-order valence-corrected chi connectivity index (χ3v) is 4.93. The second kappa shape index (κ2) is 7.16. The second-order valence-electron chi connectivity index (χ2n) is 5.55. The van der Waals surface area contributed by atoms with Crippen LogP contribution in [0.15, 0.2) is 30.3 Å². The molecule has 1 heterocycles. The zero-order valence-electron chi connectivity index (χ0n) is 13.3. The number of hydrogen-bond acceptors (Lipinski definition) is 4. The number of aromatic nitrogens is 1. The van der Waals surface area contributed by atoms with Gasteiger partial charge in [-0.3, -0.25) is 0 Å². The van der Waals surface area contributed by atoms with Crippen molar-refractivity contribution in [3.8, 4) is 10.4 Å². The molecule has 1 aromatic carbocycles. The van der Waals surface area contributed by atoms with Crippen molar-refractivity contribution in [2.45, 2.75) is 39.3 Å². The maximum Gasteiger partial charge on any atom is 0.125 e. The fourth-order valence-corrected chi connectivity index (χ4v) is 3.18. The average molecular weight is 304 g/mol. The van der Waals surface area contributed by atoms with Crippen molar-refractivity contribution < 1.29 is 4.74 Å². The Balaban J connectivity index is 2.36. The predicted molar refractivity (Wildman–Crippen MR) is 89.6 cm³/mol. The van der Waals surface area contributed by atoms with E-state index >= 15 is 0 Å². The number of hydrogen-bond donors (Lipinski definition) is 1. The third kappa shape index (κ3) is 3.90. The van der Waals surface area contributed by atoms with Gasteiger partial charge in [0.05, 0.1) is 10.6 Å². The van der Waals surface area contributed by atoms with Crippen LogP contribution in [-0.2, 0) is 16.9 Å². The lowest BCUT2D eigenvalue weighted by atomic mass is 10.1. The molecule has 0 aliphatic carbocycles. The second-order valence-corrected chi connectivity index (χ2v) is 6.55. The molecule has 0 saturated heterocycles. The molecule has 0 unspecified atom stereocenters. The highest BCUT2D eigenvalue weighted by molar-refractivity contribution is 7.15. The molecule has 0 radical (unpaired) electrons. The maximum absolute atomic E-state index is 5.58. The third-order valence-electron chi connectivity index (χ3n) is 3.48. The molecule has 0 atom stereocenters. The van der Waals surface area contributed by atoms with E-state index in [2.05, 4.69) is 50.4 Å². The average Bonchev–Trinajstić information content (AvgIpc) is 2.93. The summed E-state index contributed by atoms with van der Waals surface area (Å²) >= 11 is 1.73. The summed E-state index contributed by atoms with van der Waals surface area (Å²) in [5, 5.41) is 4.47. The summed E-state index contributed by atoms with van der Waals surface area (Å²) in [4.78, 5) is 6.07. The van der Waals surface area contributed by atoms with Crippen LogP contribution in [0.25, 0.3) is 10.4 Å². The Morgan fingerprint density at radius 3 is 2.57 bits per heavy atom. The molecule has 0 saturated carbocycles. The molecule has 4 heteroatoms. The van der Waals surface area contributed by atoms with Gasteiger partial charge < -0.3 is 10.1 Å². The van der Waals surface area contributed by atoms with Crippen LogP contribution in [0, 0.1) is 0 Å². The summed E-state index contributed by atoms with van der Waals surface area (Å²) in [6, 6.07) is 10.5. The fraction of sp³-hybridized carbons (Fsp3) is 0.471. The first-order valence-electron chi connectivity index (χ1n) is 7.40. The van der Waals surface area contributed by atoms with Crippen LogP contribution in [0.5, 0.6) is 0 Å². The van der Waals surface area contributed by atoms with Gasteiger partial charge in [-0.25, -0.2) is 4.98 Å². The van der Waals surface area contributed by atoms with E-state index in [1.54, 1.807) is 18.4 Å². The summed E-state index contributed by atoms with van der Waals surface area (Å²) in [6.45, 7) is 8.10. The highest BCUT2D eigenvalue weighted by Crippen LogP contribution is 2.36. The lowest BCUT2D eigenvalue weighted by molar-refractivity contribution is 0.0189. The lowest BCUT2D eigenvalue weighted by Gasteiger charge is -2.19. The Hall–Kier alpha value is -1.23. The zero-order chi connectivity index (χ0) is 15.3. The standard InChI is InChI=1S/C17H24N2OS/c1-5-11-18-12-14-15(13-9-7-6-8-10-13)21-16(19-14)17(2,3)20-4/h6-10,18H,5,11-12H2,1-4H3. The molecule has 114 valence electrons. The monoisotopic (exact) mass is 304 g/mol. The van der Waals surface area contributed by atoms with Crippen LogP contribution in [0.1, 0.15) is 37.9 Å². The Morgan fingerprint density at radius 1 is 1.24 bits per heavy atom. The van der Waals surface area contributed by atoms with E-state index in [9.17, 15) is 0 Å². The molecule has 1 N–H and O–H groups in total. The number of ether oxygens (including phenoxy) is 1. The Morgan fingerprint density at radius 2 is 1.95 bits per heavy atom. The minimum Gasteiger partial charge on any atom is -0.372 e. The van der Waals surface area contributed by atoms with Gasteiger partial charge in [0.15, 0.2) is 0 Å².